The van der Waals surface area contributed by atoms with Gasteiger partial charge in [-0.1, -0.05) is 28.1 Å². The van der Waals surface area contributed by atoms with Gasteiger partial charge < -0.3 is 4.74 Å². The predicted octanol–water partition coefficient (Wildman–Crippen LogP) is 3.06. The molecule has 0 fully saturated rings. The molecule has 0 heterocycles. The number of ketones is 1. The van der Waals surface area contributed by atoms with E-state index in [0.717, 1.165) is 16.5 Å². The summed E-state index contributed by atoms with van der Waals surface area (Å²) in [6.07, 6.45) is 1.33. The highest BCUT2D eigenvalue weighted by molar-refractivity contribution is 9.10. The Kier molecular flexibility index (Phi) is 4.84. The Hall–Kier alpha value is -0.670. The van der Waals surface area contributed by atoms with Gasteiger partial charge in [-0.15, -0.1) is 0 Å². The SMILES string of the molecule is COCCCC(=O)c1cccc(Br)c1. The maximum absolute atomic E-state index is 11.6. The van der Waals surface area contributed by atoms with Crippen molar-refractivity contribution >= 4 is 21.7 Å². The van der Waals surface area contributed by atoms with Crippen LogP contribution in [0.5, 0.6) is 0 Å². The summed E-state index contributed by atoms with van der Waals surface area (Å²) in [5.74, 6) is 0.170. The molecule has 0 bridgehead atoms. The third-order valence-electron chi connectivity index (χ3n) is 1.90. The van der Waals surface area contributed by atoms with E-state index in [0.29, 0.717) is 13.0 Å². The number of Topliss-reactive ketones (excluding diaryl/α,β-unsaturated/α-hetero) is 1. The number of carbonyl (C=O) groups excluding carboxylic acids is 1. The third-order valence-corrected chi connectivity index (χ3v) is 2.39. The summed E-state index contributed by atoms with van der Waals surface area (Å²) in [7, 11) is 1.64. The van der Waals surface area contributed by atoms with E-state index in [1.54, 1.807) is 7.11 Å². The molecule has 76 valence electrons. The molecule has 0 aliphatic heterocycles. The van der Waals surface area contributed by atoms with Gasteiger partial charge in [0, 0.05) is 30.2 Å². The van der Waals surface area contributed by atoms with Gasteiger partial charge in [0.15, 0.2) is 5.78 Å². The molecule has 0 aliphatic rings. The molecule has 0 unspecified atom stereocenters. The predicted molar refractivity (Wildman–Crippen MR) is 59.6 cm³/mol. The number of rotatable bonds is 5. The number of methoxy groups -OCH3 is 1. The van der Waals surface area contributed by atoms with Crippen LogP contribution < -0.4 is 0 Å². The van der Waals surface area contributed by atoms with Crippen molar-refractivity contribution in [3.63, 3.8) is 0 Å². The molecule has 0 saturated carbocycles. The van der Waals surface area contributed by atoms with Gasteiger partial charge in [0.2, 0.25) is 0 Å². The lowest BCUT2D eigenvalue weighted by Crippen LogP contribution is -2.00. The van der Waals surface area contributed by atoms with Crippen molar-refractivity contribution in [1.82, 2.24) is 0 Å². The summed E-state index contributed by atoms with van der Waals surface area (Å²) in [5, 5.41) is 0. The van der Waals surface area contributed by atoms with E-state index in [1.165, 1.54) is 0 Å². The Bertz CT molecular complexity index is 310. The molecule has 0 aromatic heterocycles. The van der Waals surface area contributed by atoms with Gasteiger partial charge in [-0.2, -0.15) is 0 Å². The fourth-order valence-corrected chi connectivity index (χ4v) is 1.58. The lowest BCUT2D eigenvalue weighted by Gasteiger charge is -2.01. The number of halogens is 1. The van der Waals surface area contributed by atoms with E-state index in [9.17, 15) is 4.79 Å². The minimum absolute atomic E-state index is 0.170. The first-order valence-electron chi connectivity index (χ1n) is 4.51. The number of ether oxygens (including phenoxy) is 1. The van der Waals surface area contributed by atoms with Gasteiger partial charge >= 0.3 is 0 Å². The second-order valence-electron chi connectivity index (χ2n) is 3.03. The normalized spacial score (nSPS) is 10.1. The van der Waals surface area contributed by atoms with E-state index in [2.05, 4.69) is 15.9 Å². The lowest BCUT2D eigenvalue weighted by atomic mass is 10.1. The highest BCUT2D eigenvalue weighted by atomic mass is 79.9. The highest BCUT2D eigenvalue weighted by Gasteiger charge is 2.04. The van der Waals surface area contributed by atoms with E-state index < -0.39 is 0 Å². The smallest absolute Gasteiger partial charge is 0.162 e. The van der Waals surface area contributed by atoms with E-state index in [-0.39, 0.29) is 5.78 Å². The van der Waals surface area contributed by atoms with Crippen LogP contribution in [0.2, 0.25) is 0 Å². The Labute approximate surface area is 92.4 Å². The summed E-state index contributed by atoms with van der Waals surface area (Å²) in [4.78, 5) is 11.6. The minimum Gasteiger partial charge on any atom is -0.385 e. The molecule has 2 nitrogen and oxygen atoms in total. The second-order valence-corrected chi connectivity index (χ2v) is 3.95. The quantitative estimate of drug-likeness (QED) is 0.598. The fourth-order valence-electron chi connectivity index (χ4n) is 1.18. The summed E-state index contributed by atoms with van der Waals surface area (Å²) >= 11 is 3.34. The standard InChI is InChI=1S/C11H13BrO2/c1-14-7-3-6-11(13)9-4-2-5-10(12)8-9/h2,4-5,8H,3,6-7H2,1H3. The summed E-state index contributed by atoms with van der Waals surface area (Å²) in [6.45, 7) is 0.639. The van der Waals surface area contributed by atoms with E-state index in [4.69, 9.17) is 4.74 Å². The third kappa shape index (κ3) is 3.60. The summed E-state index contributed by atoms with van der Waals surface area (Å²) in [6, 6.07) is 7.45. The fraction of sp³-hybridized carbons (Fsp3) is 0.364. The average molecular weight is 257 g/mol. The average Bonchev–Trinajstić information content (AvgIpc) is 2.18. The van der Waals surface area contributed by atoms with Crippen LogP contribution in [-0.2, 0) is 4.74 Å². The van der Waals surface area contributed by atoms with E-state index in [1.807, 2.05) is 24.3 Å². The largest absolute Gasteiger partial charge is 0.385 e. The number of hydrogen-bond donors (Lipinski definition) is 0. The molecule has 1 aromatic rings. The molecule has 0 spiro atoms. The first-order chi connectivity index (χ1) is 6.74. The first kappa shape index (κ1) is 11.4. The molecule has 0 amide bonds. The van der Waals surface area contributed by atoms with Gasteiger partial charge in [0.25, 0.3) is 0 Å². The van der Waals surface area contributed by atoms with Crippen LogP contribution in [0.1, 0.15) is 23.2 Å². The number of carbonyl (C=O) groups is 1. The molecule has 0 atom stereocenters. The van der Waals surface area contributed by atoms with Gasteiger partial charge in [-0.25, -0.2) is 0 Å². The topological polar surface area (TPSA) is 26.3 Å². The molecular formula is C11H13BrO2. The van der Waals surface area contributed by atoms with Crippen molar-refractivity contribution in [3.05, 3.63) is 34.3 Å². The van der Waals surface area contributed by atoms with Crippen molar-refractivity contribution < 1.29 is 9.53 Å². The van der Waals surface area contributed by atoms with Gasteiger partial charge in [-0.05, 0) is 18.6 Å². The van der Waals surface area contributed by atoms with Crippen molar-refractivity contribution in [2.45, 2.75) is 12.8 Å². The zero-order valence-corrected chi connectivity index (χ0v) is 9.71. The highest BCUT2D eigenvalue weighted by Crippen LogP contribution is 2.13. The zero-order valence-electron chi connectivity index (χ0n) is 8.13. The van der Waals surface area contributed by atoms with Crippen molar-refractivity contribution in [1.29, 1.82) is 0 Å². The van der Waals surface area contributed by atoms with Crippen molar-refractivity contribution in [2.24, 2.45) is 0 Å². The zero-order chi connectivity index (χ0) is 10.4. The van der Waals surface area contributed by atoms with Crippen LogP contribution >= 0.6 is 15.9 Å². The Balaban J connectivity index is 2.52. The number of benzene rings is 1. The molecule has 0 N–H and O–H groups in total. The monoisotopic (exact) mass is 256 g/mol. The van der Waals surface area contributed by atoms with Gasteiger partial charge in [0.1, 0.15) is 0 Å². The number of hydrogen-bond acceptors (Lipinski definition) is 2. The summed E-state index contributed by atoms with van der Waals surface area (Å²) in [5.41, 5.74) is 0.760. The van der Waals surface area contributed by atoms with Crippen LogP contribution in [0.3, 0.4) is 0 Å². The lowest BCUT2D eigenvalue weighted by molar-refractivity contribution is 0.0963. The van der Waals surface area contributed by atoms with Crippen molar-refractivity contribution in [2.75, 3.05) is 13.7 Å². The van der Waals surface area contributed by atoms with Crippen LogP contribution in [0.15, 0.2) is 28.7 Å². The van der Waals surface area contributed by atoms with Crippen LogP contribution in [0.4, 0.5) is 0 Å². The molecule has 3 heteroatoms. The molecule has 1 aromatic carbocycles. The second kappa shape index (κ2) is 5.94. The maximum Gasteiger partial charge on any atom is 0.162 e. The molecule has 0 aliphatic carbocycles. The molecule has 14 heavy (non-hydrogen) atoms. The van der Waals surface area contributed by atoms with E-state index >= 15 is 0 Å². The Morgan fingerprint density at radius 3 is 2.93 bits per heavy atom. The minimum atomic E-state index is 0.170. The van der Waals surface area contributed by atoms with Crippen LogP contribution in [-0.4, -0.2) is 19.5 Å². The van der Waals surface area contributed by atoms with Gasteiger partial charge in [0.05, 0.1) is 0 Å². The first-order valence-corrected chi connectivity index (χ1v) is 5.31. The van der Waals surface area contributed by atoms with Crippen LogP contribution in [0.25, 0.3) is 0 Å². The van der Waals surface area contributed by atoms with Crippen molar-refractivity contribution in [3.8, 4) is 0 Å². The van der Waals surface area contributed by atoms with Gasteiger partial charge in [-0.3, -0.25) is 4.79 Å². The molecular weight excluding hydrogens is 244 g/mol. The molecule has 1 rings (SSSR count). The maximum atomic E-state index is 11.6. The Morgan fingerprint density at radius 2 is 2.29 bits per heavy atom. The van der Waals surface area contributed by atoms with Crippen LogP contribution in [0, 0.1) is 0 Å². The Morgan fingerprint density at radius 1 is 1.50 bits per heavy atom. The summed E-state index contributed by atoms with van der Waals surface area (Å²) < 4.78 is 5.83. The molecule has 0 saturated heterocycles. The molecule has 0 radical (unpaired) electrons.